The zero-order chi connectivity index (χ0) is 16.1. The number of carbonyl (C=O) groups excluding carboxylic acids is 1. The molecule has 2 aromatic carbocycles. The Kier molecular flexibility index (Phi) is 5.60. The molecule has 0 saturated carbocycles. The Bertz CT molecular complexity index is 682. The third-order valence-electron chi connectivity index (χ3n) is 2.87. The second kappa shape index (κ2) is 7.45. The Labute approximate surface area is 136 Å². The van der Waals surface area contributed by atoms with Gasteiger partial charge in [0.15, 0.2) is 0 Å². The van der Waals surface area contributed by atoms with Crippen molar-refractivity contribution in [2.45, 2.75) is 6.10 Å². The third-order valence-corrected chi connectivity index (χ3v) is 3.39. The number of amides is 2. The van der Waals surface area contributed by atoms with Crippen molar-refractivity contribution in [3.8, 4) is 0 Å². The molecule has 0 aliphatic heterocycles. The molecule has 22 heavy (non-hydrogen) atoms. The number of carbonyl (C=O) groups is 1. The van der Waals surface area contributed by atoms with Crippen molar-refractivity contribution in [2.24, 2.45) is 0 Å². The Morgan fingerprint density at radius 1 is 1.23 bits per heavy atom. The fraction of sp³-hybridized carbons (Fsp3) is 0.133. The van der Waals surface area contributed by atoms with Crippen molar-refractivity contribution in [3.63, 3.8) is 0 Å². The first-order chi connectivity index (χ1) is 10.5. The minimum absolute atomic E-state index is 0.00109. The van der Waals surface area contributed by atoms with Crippen LogP contribution in [0.5, 0.6) is 0 Å². The molecule has 7 heteroatoms. The Morgan fingerprint density at radius 2 is 2.00 bits per heavy atom. The van der Waals surface area contributed by atoms with Gasteiger partial charge >= 0.3 is 6.03 Å². The topological polar surface area (TPSA) is 61.4 Å². The van der Waals surface area contributed by atoms with Crippen LogP contribution in [0.1, 0.15) is 11.7 Å². The standard InChI is InChI=1S/C15H13Cl2FN2O2/c16-10-3-1-2-9(6-10)14(21)8-19-15(22)20-11-4-5-13(18)12(17)7-11/h1-7,14,21H,8H2,(H2,19,20,22)/t14-/m0/s1. The second-order valence-corrected chi connectivity index (χ2v) is 5.38. The Balaban J connectivity index is 1.88. The number of aliphatic hydroxyl groups excluding tert-OH is 1. The van der Waals surface area contributed by atoms with E-state index in [-0.39, 0.29) is 11.6 Å². The Hall–Kier alpha value is -1.82. The lowest BCUT2D eigenvalue weighted by Gasteiger charge is -2.13. The molecule has 2 amide bonds. The maximum Gasteiger partial charge on any atom is 0.319 e. The van der Waals surface area contributed by atoms with Crippen molar-refractivity contribution < 1.29 is 14.3 Å². The van der Waals surface area contributed by atoms with Crippen molar-refractivity contribution in [3.05, 3.63) is 63.9 Å². The van der Waals surface area contributed by atoms with E-state index in [1.54, 1.807) is 24.3 Å². The molecule has 0 bridgehead atoms. The van der Waals surface area contributed by atoms with Gasteiger partial charge in [0.05, 0.1) is 11.1 Å². The number of urea groups is 1. The predicted molar refractivity (Wildman–Crippen MR) is 84.8 cm³/mol. The van der Waals surface area contributed by atoms with Gasteiger partial charge in [0.1, 0.15) is 5.82 Å². The summed E-state index contributed by atoms with van der Waals surface area (Å²) in [4.78, 5) is 11.7. The lowest BCUT2D eigenvalue weighted by Crippen LogP contribution is -2.32. The first-order valence-corrected chi connectivity index (χ1v) is 7.15. The lowest BCUT2D eigenvalue weighted by molar-refractivity contribution is 0.175. The van der Waals surface area contributed by atoms with Gasteiger partial charge in [0, 0.05) is 17.3 Å². The maximum absolute atomic E-state index is 13.0. The van der Waals surface area contributed by atoms with E-state index in [0.717, 1.165) is 6.07 Å². The largest absolute Gasteiger partial charge is 0.387 e. The molecule has 0 aliphatic carbocycles. The fourth-order valence-electron chi connectivity index (χ4n) is 1.77. The van der Waals surface area contributed by atoms with E-state index in [9.17, 15) is 14.3 Å². The zero-order valence-electron chi connectivity index (χ0n) is 11.3. The summed E-state index contributed by atoms with van der Waals surface area (Å²) in [6, 6.07) is 10.0. The summed E-state index contributed by atoms with van der Waals surface area (Å²) >= 11 is 11.5. The number of halogens is 3. The number of hydrogen-bond donors (Lipinski definition) is 3. The molecule has 0 fully saturated rings. The van der Waals surface area contributed by atoms with Gasteiger partial charge in [0.25, 0.3) is 0 Å². The number of anilines is 1. The smallest absolute Gasteiger partial charge is 0.319 e. The van der Waals surface area contributed by atoms with Crippen LogP contribution in [0.25, 0.3) is 0 Å². The first-order valence-electron chi connectivity index (χ1n) is 6.39. The molecule has 2 rings (SSSR count). The quantitative estimate of drug-likeness (QED) is 0.786. The van der Waals surface area contributed by atoms with Crippen LogP contribution in [0.3, 0.4) is 0 Å². The van der Waals surface area contributed by atoms with Gasteiger partial charge in [-0.2, -0.15) is 0 Å². The molecule has 1 atom stereocenters. The summed E-state index contributed by atoms with van der Waals surface area (Å²) in [7, 11) is 0. The SMILES string of the molecule is O=C(NC[C@H](O)c1cccc(Cl)c1)Nc1ccc(F)c(Cl)c1. The molecule has 0 unspecified atom stereocenters. The molecule has 0 heterocycles. The zero-order valence-corrected chi connectivity index (χ0v) is 12.8. The van der Waals surface area contributed by atoms with Crippen LogP contribution >= 0.6 is 23.2 Å². The summed E-state index contributed by atoms with van der Waals surface area (Å²) in [6.07, 6.45) is -0.888. The summed E-state index contributed by atoms with van der Waals surface area (Å²) < 4.78 is 13.0. The van der Waals surface area contributed by atoms with Crippen molar-refractivity contribution in [1.82, 2.24) is 5.32 Å². The Morgan fingerprint density at radius 3 is 2.68 bits per heavy atom. The van der Waals surface area contributed by atoms with Crippen molar-refractivity contribution in [2.75, 3.05) is 11.9 Å². The summed E-state index contributed by atoms with van der Waals surface area (Å²) in [5.41, 5.74) is 0.943. The summed E-state index contributed by atoms with van der Waals surface area (Å²) in [5.74, 6) is -0.566. The molecule has 0 spiro atoms. The number of aliphatic hydroxyl groups is 1. The average Bonchev–Trinajstić information content (AvgIpc) is 2.48. The van der Waals surface area contributed by atoms with Gasteiger partial charge in [-0.1, -0.05) is 35.3 Å². The molecule has 0 aromatic heterocycles. The molecule has 2 aromatic rings. The monoisotopic (exact) mass is 342 g/mol. The molecule has 0 saturated heterocycles. The van der Waals surface area contributed by atoms with E-state index in [2.05, 4.69) is 10.6 Å². The van der Waals surface area contributed by atoms with Crippen LogP contribution in [-0.2, 0) is 0 Å². The first kappa shape index (κ1) is 16.5. The fourth-order valence-corrected chi connectivity index (χ4v) is 2.15. The van der Waals surface area contributed by atoms with Crippen LogP contribution in [0.15, 0.2) is 42.5 Å². The van der Waals surface area contributed by atoms with E-state index in [1.165, 1.54) is 12.1 Å². The number of rotatable bonds is 4. The molecule has 116 valence electrons. The van der Waals surface area contributed by atoms with Crippen molar-refractivity contribution in [1.29, 1.82) is 0 Å². The van der Waals surface area contributed by atoms with Gasteiger partial charge < -0.3 is 15.7 Å². The highest BCUT2D eigenvalue weighted by Crippen LogP contribution is 2.19. The number of hydrogen-bond acceptors (Lipinski definition) is 2. The van der Waals surface area contributed by atoms with Crippen LogP contribution < -0.4 is 10.6 Å². The van der Waals surface area contributed by atoms with E-state index in [0.29, 0.717) is 16.3 Å². The van der Waals surface area contributed by atoms with Gasteiger partial charge in [0.2, 0.25) is 0 Å². The van der Waals surface area contributed by atoms with E-state index >= 15 is 0 Å². The van der Waals surface area contributed by atoms with Crippen LogP contribution in [0.2, 0.25) is 10.0 Å². The van der Waals surface area contributed by atoms with Crippen LogP contribution in [0, 0.1) is 5.82 Å². The van der Waals surface area contributed by atoms with Gasteiger partial charge in [-0.25, -0.2) is 9.18 Å². The highest BCUT2D eigenvalue weighted by molar-refractivity contribution is 6.31. The number of benzene rings is 2. The molecule has 4 nitrogen and oxygen atoms in total. The summed E-state index contributed by atoms with van der Waals surface area (Å²) in [5, 5.41) is 15.4. The summed E-state index contributed by atoms with van der Waals surface area (Å²) in [6.45, 7) is 0.00109. The predicted octanol–water partition coefficient (Wildman–Crippen LogP) is 3.99. The number of nitrogens with one attached hydrogen (secondary N) is 2. The van der Waals surface area contributed by atoms with Crippen LogP contribution in [0.4, 0.5) is 14.9 Å². The third kappa shape index (κ3) is 4.59. The van der Waals surface area contributed by atoms with Gasteiger partial charge in [-0.05, 0) is 35.9 Å². The highest BCUT2D eigenvalue weighted by Gasteiger charge is 2.10. The molecule has 0 radical (unpaired) electrons. The second-order valence-electron chi connectivity index (χ2n) is 4.53. The highest BCUT2D eigenvalue weighted by atomic mass is 35.5. The van der Waals surface area contributed by atoms with Crippen molar-refractivity contribution >= 4 is 34.9 Å². The minimum atomic E-state index is -0.888. The molecular weight excluding hydrogens is 330 g/mol. The normalized spacial score (nSPS) is 11.8. The maximum atomic E-state index is 13.0. The molecular formula is C15H13Cl2FN2O2. The van der Waals surface area contributed by atoms with Crippen LogP contribution in [-0.4, -0.2) is 17.7 Å². The van der Waals surface area contributed by atoms with E-state index < -0.39 is 18.0 Å². The van der Waals surface area contributed by atoms with Gasteiger partial charge in [-0.3, -0.25) is 0 Å². The van der Waals surface area contributed by atoms with Gasteiger partial charge in [-0.15, -0.1) is 0 Å². The molecule has 0 aliphatic rings. The lowest BCUT2D eigenvalue weighted by atomic mass is 10.1. The van der Waals surface area contributed by atoms with E-state index in [1.807, 2.05) is 0 Å². The van der Waals surface area contributed by atoms with E-state index in [4.69, 9.17) is 23.2 Å². The minimum Gasteiger partial charge on any atom is -0.387 e. The average molecular weight is 343 g/mol. The molecule has 3 N–H and O–H groups in total.